The van der Waals surface area contributed by atoms with Crippen LogP contribution in [0.1, 0.15) is 38.8 Å². The molecule has 7 heteroatoms. The van der Waals surface area contributed by atoms with E-state index in [0.29, 0.717) is 19.8 Å². The lowest BCUT2D eigenvalue weighted by Crippen LogP contribution is -2.66. The molecule has 1 amide bonds. The Morgan fingerprint density at radius 2 is 1.56 bits per heavy atom. The van der Waals surface area contributed by atoms with Gasteiger partial charge in [-0.15, -0.1) is 0 Å². The molecule has 1 N–H and O–H groups in total. The van der Waals surface area contributed by atoms with E-state index in [1.54, 1.807) is 15.8 Å². The van der Waals surface area contributed by atoms with E-state index in [0.717, 1.165) is 24.0 Å². The molecular weight excluding hydrogens is 406 g/mol. The van der Waals surface area contributed by atoms with Gasteiger partial charge in [-0.2, -0.15) is 0 Å². The number of aryl methyl sites for hydroxylation is 2. The predicted molar refractivity (Wildman–Crippen MR) is 118 cm³/mol. The third-order valence-corrected chi connectivity index (χ3v) is 6.80. The topological polar surface area (TPSA) is 75.0 Å². The number of nitrogens with zero attached hydrogens (tertiary/aromatic N) is 3. The van der Waals surface area contributed by atoms with Crippen LogP contribution in [0.15, 0.2) is 65.6 Å². The fraction of sp³-hybridized carbons (Fsp3) is 0.280. The molecule has 2 aromatic carbocycles. The zero-order valence-electron chi connectivity index (χ0n) is 17.5. The summed E-state index contributed by atoms with van der Waals surface area (Å²) in [5.41, 5.74) is 4.26. The summed E-state index contributed by atoms with van der Waals surface area (Å²) in [6, 6.07) is 17.9. The van der Waals surface area contributed by atoms with E-state index in [-0.39, 0.29) is 23.8 Å². The molecule has 0 saturated carbocycles. The van der Waals surface area contributed by atoms with Gasteiger partial charge >= 0.3 is 0 Å². The molecular formula is C25H23N3O4. The van der Waals surface area contributed by atoms with Crippen LogP contribution in [0, 0.1) is 0 Å². The molecule has 2 aliphatic heterocycles. The Hall–Kier alpha value is -3.58. The number of amides is 1. The maximum atomic E-state index is 13.3. The predicted octanol–water partition coefficient (Wildman–Crippen LogP) is 2.19. The van der Waals surface area contributed by atoms with Gasteiger partial charge in [-0.25, -0.2) is 0 Å². The Balaban J connectivity index is 1.66. The van der Waals surface area contributed by atoms with Crippen molar-refractivity contribution in [3.8, 4) is 5.75 Å². The number of carbonyl (C=O) groups is 1. The third kappa shape index (κ3) is 2.71. The highest BCUT2D eigenvalue weighted by atomic mass is 16.5. The fourth-order valence-corrected chi connectivity index (χ4v) is 5.31. The van der Waals surface area contributed by atoms with Gasteiger partial charge in [0.15, 0.2) is 11.4 Å². The summed E-state index contributed by atoms with van der Waals surface area (Å²) >= 11 is 0. The number of aromatic nitrogens is 1. The van der Waals surface area contributed by atoms with E-state index in [2.05, 4.69) is 41.4 Å². The first-order valence-corrected chi connectivity index (χ1v) is 10.9. The van der Waals surface area contributed by atoms with Gasteiger partial charge in [0.25, 0.3) is 5.91 Å². The smallest absolute Gasteiger partial charge is 0.278 e. The van der Waals surface area contributed by atoms with Crippen molar-refractivity contribution in [3.05, 3.63) is 99.0 Å². The largest absolute Gasteiger partial charge is 0.502 e. The van der Waals surface area contributed by atoms with E-state index >= 15 is 0 Å². The quantitative estimate of drug-likeness (QED) is 0.642. The number of aromatic hydroxyl groups is 1. The second-order valence-corrected chi connectivity index (χ2v) is 8.46. The molecule has 1 aromatic heterocycles. The summed E-state index contributed by atoms with van der Waals surface area (Å²) in [5, 5.41) is 12.7. The Morgan fingerprint density at radius 3 is 2.25 bits per heavy atom. The average Bonchev–Trinajstić information content (AvgIpc) is 2.99. The monoisotopic (exact) mass is 429 g/mol. The zero-order valence-corrected chi connectivity index (χ0v) is 17.5. The van der Waals surface area contributed by atoms with E-state index < -0.39 is 11.2 Å². The maximum absolute atomic E-state index is 13.3. The fourth-order valence-electron chi connectivity index (χ4n) is 5.31. The van der Waals surface area contributed by atoms with Crippen LogP contribution < -0.4 is 10.4 Å². The molecule has 3 aromatic rings. The van der Waals surface area contributed by atoms with Gasteiger partial charge in [0.05, 0.1) is 19.3 Å². The minimum atomic E-state index is -0.557. The minimum Gasteiger partial charge on any atom is -0.502 e. The highest BCUT2D eigenvalue weighted by Gasteiger charge is 2.45. The molecule has 7 nitrogen and oxygen atoms in total. The van der Waals surface area contributed by atoms with Crippen LogP contribution in [-0.2, 0) is 17.6 Å². The Morgan fingerprint density at radius 1 is 0.906 bits per heavy atom. The van der Waals surface area contributed by atoms with Gasteiger partial charge < -0.3 is 14.7 Å². The lowest BCUT2D eigenvalue weighted by Gasteiger charge is -2.51. The van der Waals surface area contributed by atoms with Gasteiger partial charge in [0.2, 0.25) is 5.43 Å². The van der Waals surface area contributed by atoms with Crippen LogP contribution >= 0.6 is 0 Å². The van der Waals surface area contributed by atoms with Crippen molar-refractivity contribution in [2.45, 2.75) is 25.0 Å². The Bertz CT molecular complexity index is 1240. The first kappa shape index (κ1) is 19.1. The van der Waals surface area contributed by atoms with Crippen LogP contribution in [0.5, 0.6) is 5.75 Å². The van der Waals surface area contributed by atoms with Crippen molar-refractivity contribution in [2.24, 2.45) is 0 Å². The maximum Gasteiger partial charge on any atom is 0.278 e. The molecule has 3 aliphatic rings. The van der Waals surface area contributed by atoms with Crippen molar-refractivity contribution >= 4 is 5.91 Å². The third-order valence-electron chi connectivity index (χ3n) is 6.80. The van der Waals surface area contributed by atoms with E-state index in [1.807, 2.05) is 12.1 Å². The van der Waals surface area contributed by atoms with Gasteiger partial charge in [-0.05, 0) is 35.1 Å². The van der Waals surface area contributed by atoms with E-state index in [4.69, 9.17) is 4.74 Å². The minimum absolute atomic E-state index is 0.00913. The van der Waals surface area contributed by atoms with Crippen LogP contribution in [0.3, 0.4) is 0 Å². The SMILES string of the molecule is O=C1c2c(O)c(=O)ccn2N(C2c3ccccc3CCc3ccccc32)C2COCCN12. The van der Waals surface area contributed by atoms with Crippen molar-refractivity contribution in [2.75, 3.05) is 24.8 Å². The average molecular weight is 429 g/mol. The number of morpholine rings is 1. The summed E-state index contributed by atoms with van der Waals surface area (Å²) in [6.45, 7) is 1.17. The standard InChI is InChI=1S/C25H23N3O4/c29-20-11-12-27-23(24(20)30)25(31)26-13-14-32-15-21(26)28(27)22-18-7-3-1-5-16(18)9-10-17-6-2-4-8-19(17)22/h1-8,11-12,21-22,30H,9-10,13-15H2. The van der Waals surface area contributed by atoms with Crippen molar-refractivity contribution in [1.29, 1.82) is 0 Å². The first-order chi connectivity index (χ1) is 15.6. The lowest BCUT2D eigenvalue weighted by atomic mass is 9.93. The molecule has 1 unspecified atom stereocenters. The zero-order chi connectivity index (χ0) is 21.8. The molecule has 1 aliphatic carbocycles. The second-order valence-electron chi connectivity index (χ2n) is 8.46. The number of hydrogen-bond donors (Lipinski definition) is 1. The summed E-state index contributed by atoms with van der Waals surface area (Å²) in [5.74, 6) is -0.859. The molecule has 1 fully saturated rings. The van der Waals surface area contributed by atoms with Gasteiger partial charge in [-0.3, -0.25) is 19.3 Å². The molecule has 0 bridgehead atoms. The molecule has 162 valence electrons. The van der Waals surface area contributed by atoms with Gasteiger partial charge in [-0.1, -0.05) is 48.5 Å². The molecule has 1 atom stereocenters. The highest BCUT2D eigenvalue weighted by Crippen LogP contribution is 2.40. The number of benzene rings is 2. The van der Waals surface area contributed by atoms with Crippen molar-refractivity contribution in [3.63, 3.8) is 0 Å². The second kappa shape index (κ2) is 7.24. The van der Waals surface area contributed by atoms with Crippen LogP contribution in [-0.4, -0.2) is 46.5 Å². The normalized spacial score (nSPS) is 20.1. The summed E-state index contributed by atoms with van der Waals surface area (Å²) < 4.78 is 7.48. The van der Waals surface area contributed by atoms with Gasteiger partial charge in [0.1, 0.15) is 6.17 Å². The number of rotatable bonds is 1. The molecule has 1 saturated heterocycles. The number of carbonyl (C=O) groups excluding carboxylic acids is 1. The van der Waals surface area contributed by atoms with Crippen LogP contribution in [0.25, 0.3) is 0 Å². The van der Waals surface area contributed by atoms with E-state index in [1.165, 1.54) is 17.2 Å². The summed E-state index contributed by atoms with van der Waals surface area (Å²) in [7, 11) is 0. The molecule has 3 heterocycles. The highest BCUT2D eigenvalue weighted by molar-refractivity contribution is 5.96. The number of ether oxygens (including phenoxy) is 1. The van der Waals surface area contributed by atoms with E-state index in [9.17, 15) is 14.7 Å². The summed E-state index contributed by atoms with van der Waals surface area (Å²) in [4.78, 5) is 27.3. The Kier molecular flexibility index (Phi) is 4.33. The van der Waals surface area contributed by atoms with Crippen LogP contribution in [0.2, 0.25) is 0 Å². The van der Waals surface area contributed by atoms with Crippen LogP contribution in [0.4, 0.5) is 0 Å². The molecule has 0 radical (unpaired) electrons. The number of hydrogen-bond acceptors (Lipinski definition) is 5. The lowest BCUT2D eigenvalue weighted by molar-refractivity contribution is -0.0197. The number of fused-ring (bicyclic) bond motifs is 4. The first-order valence-electron chi connectivity index (χ1n) is 10.9. The molecule has 0 spiro atoms. The molecule has 32 heavy (non-hydrogen) atoms. The summed E-state index contributed by atoms with van der Waals surface area (Å²) in [6.07, 6.45) is 3.07. The number of pyridine rings is 1. The van der Waals surface area contributed by atoms with Crippen molar-refractivity contribution < 1.29 is 14.6 Å². The van der Waals surface area contributed by atoms with Gasteiger partial charge in [0, 0.05) is 18.8 Å². The van der Waals surface area contributed by atoms with Crippen molar-refractivity contribution in [1.82, 2.24) is 9.58 Å². The molecule has 6 rings (SSSR count). The Labute approximate surface area is 185 Å².